The molecule has 5 nitrogen and oxygen atoms in total. The topological polar surface area (TPSA) is 59.6 Å². The molecule has 0 spiro atoms. The standard InChI is InChI=1S/C25H36N2O3/c1-4-5-6-7-16-29-24-10-8-9-22(18-24)27-25(28)19-26-21-11-13-23(14-12-21)30-17-15-20(2)3/h8-14,18,20,26H,4-7,15-17,19H2,1-3H3,(H,27,28). The lowest BCUT2D eigenvalue weighted by atomic mass is 10.1. The van der Waals surface area contributed by atoms with Crippen LogP contribution < -0.4 is 20.1 Å². The number of rotatable bonds is 14. The molecular formula is C25H36N2O3. The largest absolute Gasteiger partial charge is 0.494 e. The molecule has 30 heavy (non-hydrogen) atoms. The number of carbonyl (C=O) groups excluding carboxylic acids is 1. The fourth-order valence-corrected chi connectivity index (χ4v) is 2.85. The molecule has 2 N–H and O–H groups in total. The zero-order chi connectivity index (χ0) is 21.6. The van der Waals surface area contributed by atoms with Gasteiger partial charge >= 0.3 is 0 Å². The van der Waals surface area contributed by atoms with Crippen molar-refractivity contribution in [2.24, 2.45) is 5.92 Å². The molecule has 0 unspecified atom stereocenters. The normalized spacial score (nSPS) is 10.7. The molecule has 0 aromatic heterocycles. The molecule has 0 aliphatic rings. The molecule has 0 fully saturated rings. The van der Waals surface area contributed by atoms with Gasteiger partial charge in [-0.1, -0.05) is 46.1 Å². The Hall–Kier alpha value is -2.69. The molecule has 0 radical (unpaired) electrons. The molecule has 2 aromatic rings. The first-order chi connectivity index (χ1) is 14.6. The summed E-state index contributed by atoms with van der Waals surface area (Å²) in [5, 5.41) is 6.04. The number of carbonyl (C=O) groups is 1. The van der Waals surface area contributed by atoms with Gasteiger partial charge in [-0.15, -0.1) is 0 Å². The quantitative estimate of drug-likeness (QED) is 0.367. The highest BCUT2D eigenvalue weighted by Gasteiger charge is 2.04. The zero-order valence-corrected chi connectivity index (χ0v) is 18.6. The smallest absolute Gasteiger partial charge is 0.243 e. The number of unbranched alkanes of at least 4 members (excludes halogenated alkanes) is 3. The van der Waals surface area contributed by atoms with Crippen molar-refractivity contribution in [1.82, 2.24) is 0 Å². The monoisotopic (exact) mass is 412 g/mol. The fraction of sp³-hybridized carbons (Fsp3) is 0.480. The van der Waals surface area contributed by atoms with Gasteiger partial charge in [0.05, 0.1) is 19.8 Å². The molecule has 1 amide bonds. The second kappa shape index (κ2) is 13.5. The van der Waals surface area contributed by atoms with Gasteiger partial charge in [-0.05, 0) is 55.2 Å². The first-order valence-corrected chi connectivity index (χ1v) is 11.1. The second-order valence-electron chi connectivity index (χ2n) is 7.89. The van der Waals surface area contributed by atoms with Gasteiger partial charge in [0.1, 0.15) is 11.5 Å². The third-order valence-electron chi connectivity index (χ3n) is 4.66. The van der Waals surface area contributed by atoms with Crippen molar-refractivity contribution in [2.75, 3.05) is 30.4 Å². The van der Waals surface area contributed by atoms with Crippen molar-refractivity contribution in [1.29, 1.82) is 0 Å². The van der Waals surface area contributed by atoms with E-state index in [-0.39, 0.29) is 12.5 Å². The maximum Gasteiger partial charge on any atom is 0.243 e. The predicted octanol–water partition coefficient (Wildman–Crippen LogP) is 6.12. The summed E-state index contributed by atoms with van der Waals surface area (Å²) in [4.78, 5) is 12.3. The van der Waals surface area contributed by atoms with Crippen LogP contribution >= 0.6 is 0 Å². The molecule has 5 heteroatoms. The Morgan fingerprint density at radius 2 is 1.67 bits per heavy atom. The van der Waals surface area contributed by atoms with E-state index in [1.807, 2.05) is 48.5 Å². The van der Waals surface area contributed by atoms with Crippen molar-refractivity contribution in [2.45, 2.75) is 52.9 Å². The van der Waals surface area contributed by atoms with E-state index in [1.165, 1.54) is 19.3 Å². The van der Waals surface area contributed by atoms with E-state index in [1.54, 1.807) is 0 Å². The minimum absolute atomic E-state index is 0.104. The molecule has 2 rings (SSSR count). The highest BCUT2D eigenvalue weighted by atomic mass is 16.5. The molecule has 0 heterocycles. The van der Waals surface area contributed by atoms with Crippen LogP contribution in [0.15, 0.2) is 48.5 Å². The Labute approximate surface area is 181 Å². The molecule has 0 aliphatic carbocycles. The number of ether oxygens (including phenoxy) is 2. The van der Waals surface area contributed by atoms with Crippen molar-refractivity contribution < 1.29 is 14.3 Å². The maximum atomic E-state index is 12.3. The van der Waals surface area contributed by atoms with Gasteiger partial charge in [0, 0.05) is 17.4 Å². The van der Waals surface area contributed by atoms with Crippen LogP contribution in [0, 0.1) is 5.92 Å². The van der Waals surface area contributed by atoms with Gasteiger partial charge in [-0.2, -0.15) is 0 Å². The Balaban J connectivity index is 1.72. The lowest BCUT2D eigenvalue weighted by Gasteiger charge is -2.11. The lowest BCUT2D eigenvalue weighted by molar-refractivity contribution is -0.114. The van der Waals surface area contributed by atoms with Crippen LogP contribution in [0.4, 0.5) is 11.4 Å². The summed E-state index contributed by atoms with van der Waals surface area (Å²) < 4.78 is 11.5. The Kier molecular flexibility index (Phi) is 10.6. The summed E-state index contributed by atoms with van der Waals surface area (Å²) in [6.45, 7) is 8.17. The summed E-state index contributed by atoms with van der Waals surface area (Å²) in [5.74, 6) is 2.15. The highest BCUT2D eigenvalue weighted by Crippen LogP contribution is 2.19. The van der Waals surface area contributed by atoms with Gasteiger partial charge in [-0.3, -0.25) is 4.79 Å². The van der Waals surface area contributed by atoms with Crippen LogP contribution in [0.25, 0.3) is 0 Å². The van der Waals surface area contributed by atoms with E-state index in [0.717, 1.165) is 35.7 Å². The van der Waals surface area contributed by atoms with Gasteiger partial charge < -0.3 is 20.1 Å². The number of anilines is 2. The maximum absolute atomic E-state index is 12.3. The highest BCUT2D eigenvalue weighted by molar-refractivity contribution is 5.93. The summed E-state index contributed by atoms with van der Waals surface area (Å²) >= 11 is 0. The van der Waals surface area contributed by atoms with Gasteiger partial charge in [0.15, 0.2) is 0 Å². The fourth-order valence-electron chi connectivity index (χ4n) is 2.85. The van der Waals surface area contributed by atoms with Crippen molar-refractivity contribution in [3.63, 3.8) is 0 Å². The lowest BCUT2D eigenvalue weighted by Crippen LogP contribution is -2.21. The van der Waals surface area contributed by atoms with E-state index in [0.29, 0.717) is 19.1 Å². The Morgan fingerprint density at radius 1 is 0.900 bits per heavy atom. The molecule has 0 aliphatic heterocycles. The van der Waals surface area contributed by atoms with Gasteiger partial charge in [-0.25, -0.2) is 0 Å². The molecule has 0 atom stereocenters. The summed E-state index contributed by atoms with van der Waals surface area (Å²) in [5.41, 5.74) is 1.62. The van der Waals surface area contributed by atoms with Crippen LogP contribution in [-0.4, -0.2) is 25.7 Å². The molecule has 2 aromatic carbocycles. The summed E-state index contributed by atoms with van der Waals surface area (Å²) in [6, 6.07) is 15.2. The Morgan fingerprint density at radius 3 is 2.40 bits per heavy atom. The van der Waals surface area contributed by atoms with E-state index >= 15 is 0 Å². The number of hydrogen-bond donors (Lipinski definition) is 2. The summed E-state index contributed by atoms with van der Waals surface area (Å²) in [6.07, 6.45) is 5.72. The number of nitrogens with one attached hydrogen (secondary N) is 2. The minimum atomic E-state index is -0.104. The molecular weight excluding hydrogens is 376 g/mol. The van der Waals surface area contributed by atoms with E-state index < -0.39 is 0 Å². The minimum Gasteiger partial charge on any atom is -0.494 e. The average Bonchev–Trinajstić information content (AvgIpc) is 2.73. The SMILES string of the molecule is CCCCCCOc1cccc(NC(=O)CNc2ccc(OCCC(C)C)cc2)c1. The van der Waals surface area contributed by atoms with Crippen molar-refractivity contribution >= 4 is 17.3 Å². The van der Waals surface area contributed by atoms with Crippen molar-refractivity contribution in [3.05, 3.63) is 48.5 Å². The average molecular weight is 413 g/mol. The molecule has 0 saturated heterocycles. The number of hydrogen-bond acceptors (Lipinski definition) is 4. The third-order valence-corrected chi connectivity index (χ3v) is 4.66. The van der Waals surface area contributed by atoms with Crippen LogP contribution in [0.5, 0.6) is 11.5 Å². The van der Waals surface area contributed by atoms with Crippen molar-refractivity contribution in [3.8, 4) is 11.5 Å². The van der Waals surface area contributed by atoms with Gasteiger partial charge in [0.25, 0.3) is 0 Å². The van der Waals surface area contributed by atoms with Crippen LogP contribution in [0.3, 0.4) is 0 Å². The van der Waals surface area contributed by atoms with Gasteiger partial charge in [0.2, 0.25) is 5.91 Å². The second-order valence-corrected chi connectivity index (χ2v) is 7.89. The van der Waals surface area contributed by atoms with Crippen LogP contribution in [-0.2, 0) is 4.79 Å². The number of benzene rings is 2. The third kappa shape index (κ3) is 9.68. The Bertz CT molecular complexity index is 744. The molecule has 164 valence electrons. The summed E-state index contributed by atoms with van der Waals surface area (Å²) in [7, 11) is 0. The first-order valence-electron chi connectivity index (χ1n) is 11.1. The van der Waals surface area contributed by atoms with Crippen LogP contribution in [0.1, 0.15) is 52.9 Å². The van der Waals surface area contributed by atoms with E-state index in [2.05, 4.69) is 31.4 Å². The van der Waals surface area contributed by atoms with E-state index in [4.69, 9.17) is 9.47 Å². The number of amides is 1. The van der Waals surface area contributed by atoms with Crippen LogP contribution in [0.2, 0.25) is 0 Å². The molecule has 0 saturated carbocycles. The van der Waals surface area contributed by atoms with E-state index in [9.17, 15) is 4.79 Å². The zero-order valence-electron chi connectivity index (χ0n) is 18.6. The first kappa shape index (κ1) is 23.6. The molecule has 0 bridgehead atoms. The predicted molar refractivity (Wildman–Crippen MR) is 125 cm³/mol.